The van der Waals surface area contributed by atoms with E-state index in [-0.39, 0.29) is 34.1 Å². The van der Waals surface area contributed by atoms with Crippen LogP contribution in [0.2, 0.25) is 10.0 Å². The average Bonchev–Trinajstić information content (AvgIpc) is 2.54. The Morgan fingerprint density at radius 3 is 2.52 bits per heavy atom. The number of carbonyl (C=O) groups is 1. The van der Waals surface area contributed by atoms with E-state index >= 15 is 0 Å². The number of rotatable bonds is 7. The molecule has 9 heteroatoms. The zero-order valence-corrected chi connectivity index (χ0v) is 15.7. The molecule has 0 spiro atoms. The van der Waals surface area contributed by atoms with E-state index in [2.05, 4.69) is 5.32 Å². The molecule has 0 fully saturated rings. The number of nitrogens with one attached hydrogen (secondary N) is 1. The molecule has 0 atom stereocenters. The predicted octanol–water partition coefficient (Wildman–Crippen LogP) is 2.95. The first-order valence-electron chi connectivity index (χ1n) is 7.25. The fourth-order valence-electron chi connectivity index (χ4n) is 1.96. The fraction of sp³-hybridized carbons (Fsp3) is 0.312. The van der Waals surface area contributed by atoms with Crippen LogP contribution in [0.3, 0.4) is 0 Å². The van der Waals surface area contributed by atoms with Gasteiger partial charge in [-0.3, -0.25) is 14.4 Å². The summed E-state index contributed by atoms with van der Waals surface area (Å²) in [6.07, 6.45) is -0.0959. The molecule has 2 N–H and O–H groups in total. The molecule has 134 valence electrons. The number of amides is 1. The molecule has 0 saturated carbocycles. The van der Waals surface area contributed by atoms with Crippen LogP contribution in [0.4, 0.5) is 5.69 Å². The molecule has 0 saturated heterocycles. The number of aromatic hydroxyl groups is 1. The summed E-state index contributed by atoms with van der Waals surface area (Å²) in [7, 11) is 0. The van der Waals surface area contributed by atoms with Gasteiger partial charge in [0.2, 0.25) is 11.3 Å². The number of carbonyl (C=O) groups excluding carboxylic acids is 1. The SMILES string of the molecule is CC(C)Oc1cc(NC(=O)CSCc2c(O)c(=O)c2=O)c(Cl)cc1Cl. The number of anilines is 1. The van der Waals surface area contributed by atoms with Gasteiger partial charge in [-0.1, -0.05) is 23.2 Å². The Balaban J connectivity index is 1.96. The molecule has 2 rings (SSSR count). The molecule has 0 unspecified atom stereocenters. The van der Waals surface area contributed by atoms with Crippen LogP contribution in [0.1, 0.15) is 19.4 Å². The van der Waals surface area contributed by atoms with Gasteiger partial charge in [0.15, 0.2) is 5.75 Å². The topological polar surface area (TPSA) is 92.7 Å². The second-order valence-corrected chi connectivity index (χ2v) is 7.26. The van der Waals surface area contributed by atoms with E-state index in [1.165, 1.54) is 12.1 Å². The molecule has 0 aliphatic rings. The summed E-state index contributed by atoms with van der Waals surface area (Å²) in [5, 5.41) is 12.5. The van der Waals surface area contributed by atoms with Crippen molar-refractivity contribution in [2.45, 2.75) is 25.7 Å². The van der Waals surface area contributed by atoms with Crippen LogP contribution in [-0.2, 0) is 10.5 Å². The van der Waals surface area contributed by atoms with Crippen LogP contribution in [0.15, 0.2) is 21.7 Å². The largest absolute Gasteiger partial charge is 0.504 e. The van der Waals surface area contributed by atoms with E-state index in [0.717, 1.165) is 11.8 Å². The molecule has 25 heavy (non-hydrogen) atoms. The third-order valence-electron chi connectivity index (χ3n) is 3.12. The zero-order valence-electron chi connectivity index (χ0n) is 13.4. The van der Waals surface area contributed by atoms with Crippen molar-refractivity contribution in [3.63, 3.8) is 0 Å². The minimum Gasteiger partial charge on any atom is -0.504 e. The van der Waals surface area contributed by atoms with Crippen molar-refractivity contribution in [2.24, 2.45) is 0 Å². The maximum atomic E-state index is 12.0. The highest BCUT2D eigenvalue weighted by Crippen LogP contribution is 2.35. The molecule has 0 heterocycles. The lowest BCUT2D eigenvalue weighted by molar-refractivity contribution is -0.113. The highest BCUT2D eigenvalue weighted by atomic mass is 35.5. The maximum Gasteiger partial charge on any atom is 0.268 e. The van der Waals surface area contributed by atoms with Crippen LogP contribution in [0, 0.1) is 0 Å². The Labute approximate surface area is 157 Å². The second kappa shape index (κ2) is 8.12. The van der Waals surface area contributed by atoms with Crippen molar-refractivity contribution >= 4 is 46.6 Å². The lowest BCUT2D eigenvalue weighted by Crippen LogP contribution is -2.34. The molecule has 1 amide bonds. The van der Waals surface area contributed by atoms with Crippen molar-refractivity contribution in [3.05, 3.63) is 48.2 Å². The normalized spacial score (nSPS) is 11.1. The van der Waals surface area contributed by atoms with Gasteiger partial charge in [0.05, 0.1) is 33.2 Å². The molecule has 0 aliphatic carbocycles. The summed E-state index contributed by atoms with van der Waals surface area (Å²) in [6.45, 7) is 3.69. The Bertz CT molecular complexity index is 874. The van der Waals surface area contributed by atoms with Crippen molar-refractivity contribution in [1.29, 1.82) is 0 Å². The van der Waals surface area contributed by atoms with Gasteiger partial charge in [0.1, 0.15) is 5.75 Å². The summed E-state index contributed by atoms with van der Waals surface area (Å²) in [5.41, 5.74) is -1.20. The maximum absolute atomic E-state index is 12.0. The smallest absolute Gasteiger partial charge is 0.268 e. The van der Waals surface area contributed by atoms with Gasteiger partial charge < -0.3 is 15.2 Å². The lowest BCUT2D eigenvalue weighted by atomic mass is 10.1. The third kappa shape index (κ3) is 4.68. The van der Waals surface area contributed by atoms with Gasteiger partial charge in [-0.25, -0.2) is 0 Å². The molecule has 6 nitrogen and oxygen atoms in total. The summed E-state index contributed by atoms with van der Waals surface area (Å²) in [5.74, 6) is -0.382. The van der Waals surface area contributed by atoms with Gasteiger partial charge in [-0.05, 0) is 19.9 Å². The Morgan fingerprint density at radius 2 is 1.92 bits per heavy atom. The Morgan fingerprint density at radius 1 is 1.24 bits per heavy atom. The third-order valence-corrected chi connectivity index (χ3v) is 4.69. The Hall–Kier alpha value is -1.70. The first-order chi connectivity index (χ1) is 11.7. The van der Waals surface area contributed by atoms with E-state index in [1.54, 1.807) is 0 Å². The van der Waals surface area contributed by atoms with E-state index in [4.69, 9.17) is 27.9 Å². The number of hydrogen-bond donors (Lipinski definition) is 2. The lowest BCUT2D eigenvalue weighted by Gasteiger charge is -2.14. The van der Waals surface area contributed by atoms with Crippen molar-refractivity contribution in [1.82, 2.24) is 0 Å². The number of benzene rings is 1. The van der Waals surface area contributed by atoms with Gasteiger partial charge in [-0.15, -0.1) is 11.8 Å². The van der Waals surface area contributed by atoms with Crippen LogP contribution in [0.25, 0.3) is 0 Å². The summed E-state index contributed by atoms with van der Waals surface area (Å²) < 4.78 is 5.54. The first-order valence-corrected chi connectivity index (χ1v) is 9.16. The number of thioether (sulfide) groups is 1. The molecule has 0 aromatic heterocycles. The van der Waals surface area contributed by atoms with E-state index in [1.807, 2.05) is 13.8 Å². The summed E-state index contributed by atoms with van der Waals surface area (Å²) >= 11 is 13.2. The molecular formula is C16H15Cl2NO5S. The number of ether oxygens (including phenoxy) is 1. The predicted molar refractivity (Wildman–Crippen MR) is 100 cm³/mol. The average molecular weight is 404 g/mol. The van der Waals surface area contributed by atoms with Gasteiger partial charge in [0.25, 0.3) is 5.43 Å². The summed E-state index contributed by atoms with van der Waals surface area (Å²) in [6, 6.07) is 3.01. The highest BCUT2D eigenvalue weighted by molar-refractivity contribution is 7.99. The van der Waals surface area contributed by atoms with Crippen molar-refractivity contribution < 1.29 is 14.6 Å². The minimum absolute atomic E-state index is 0.0115. The van der Waals surface area contributed by atoms with Gasteiger partial charge in [-0.2, -0.15) is 0 Å². The van der Waals surface area contributed by atoms with Crippen LogP contribution in [-0.4, -0.2) is 22.9 Å². The fourth-order valence-corrected chi connectivity index (χ4v) is 3.27. The molecule has 0 aliphatic heterocycles. The van der Waals surface area contributed by atoms with Crippen LogP contribution < -0.4 is 20.9 Å². The second-order valence-electron chi connectivity index (χ2n) is 5.46. The van der Waals surface area contributed by atoms with Crippen molar-refractivity contribution in [3.8, 4) is 11.5 Å². The zero-order chi connectivity index (χ0) is 18.7. The molecule has 0 radical (unpaired) electrons. The Kier molecular flexibility index (Phi) is 6.37. The quantitative estimate of drug-likeness (QED) is 0.690. The monoisotopic (exact) mass is 403 g/mol. The van der Waals surface area contributed by atoms with Crippen molar-refractivity contribution in [2.75, 3.05) is 11.1 Å². The van der Waals surface area contributed by atoms with Crippen LogP contribution >= 0.6 is 35.0 Å². The molecule has 2 aromatic rings. The van der Waals surface area contributed by atoms with Gasteiger partial charge >= 0.3 is 0 Å². The summed E-state index contributed by atoms with van der Waals surface area (Å²) in [4.78, 5) is 34.1. The van der Waals surface area contributed by atoms with E-state index in [0.29, 0.717) is 16.5 Å². The van der Waals surface area contributed by atoms with E-state index < -0.39 is 16.6 Å². The highest BCUT2D eigenvalue weighted by Gasteiger charge is 2.20. The van der Waals surface area contributed by atoms with E-state index in [9.17, 15) is 19.5 Å². The molecule has 2 aromatic carbocycles. The number of halogens is 2. The molecular weight excluding hydrogens is 389 g/mol. The molecule has 0 bridgehead atoms. The standard InChI is InChI=1S/C16H15Cl2NO5S/c1-7(2)24-12-4-11(9(17)3-10(12)18)19-13(20)6-25-5-8-14(21)16(23)15(8)22/h3-4,7,21H,5-6H2,1-2H3,(H,19,20). The minimum atomic E-state index is -0.884. The van der Waals surface area contributed by atoms with Gasteiger partial charge in [0, 0.05) is 11.8 Å². The van der Waals surface area contributed by atoms with Crippen LogP contribution in [0.5, 0.6) is 11.5 Å². The first kappa shape index (κ1) is 19.6. The number of hydrogen-bond acceptors (Lipinski definition) is 6.